The van der Waals surface area contributed by atoms with E-state index < -0.39 is 0 Å². The second-order valence-electron chi connectivity index (χ2n) is 5.18. The van der Waals surface area contributed by atoms with Crippen molar-refractivity contribution in [3.05, 3.63) is 29.3 Å². The number of cyclic esters (lactones) is 1. The van der Waals surface area contributed by atoms with Crippen molar-refractivity contribution in [2.75, 3.05) is 18.1 Å². The largest absolute Gasteiger partial charge is 0.448 e. The fraction of sp³-hybridized carbons (Fsp3) is 0.467. The number of amides is 1. The molecule has 4 heteroatoms. The molecule has 0 N–H and O–H groups in total. The van der Waals surface area contributed by atoms with Gasteiger partial charge in [0.1, 0.15) is 6.61 Å². The van der Waals surface area contributed by atoms with E-state index in [1.165, 1.54) is 0 Å². The average Bonchev–Trinajstić information content (AvgIpc) is 2.39. The lowest BCUT2D eigenvalue weighted by atomic mass is 9.96. The first-order valence-electron chi connectivity index (χ1n) is 6.48. The summed E-state index contributed by atoms with van der Waals surface area (Å²) in [7, 11) is 0. The Morgan fingerprint density at radius 2 is 2.21 bits per heavy atom. The lowest BCUT2D eigenvalue weighted by Gasteiger charge is -2.32. The number of nitriles is 1. The van der Waals surface area contributed by atoms with E-state index in [4.69, 9.17) is 10.00 Å². The highest BCUT2D eigenvalue weighted by molar-refractivity contribution is 5.90. The van der Waals surface area contributed by atoms with E-state index in [1.54, 1.807) is 4.90 Å². The van der Waals surface area contributed by atoms with Gasteiger partial charge >= 0.3 is 6.09 Å². The quantitative estimate of drug-likeness (QED) is 0.818. The van der Waals surface area contributed by atoms with Crippen molar-refractivity contribution in [2.45, 2.75) is 26.7 Å². The SMILES string of the molecule is Cc1cccc(C(C)C)c1N1CC(C#N)COC1=O. The molecule has 1 unspecified atom stereocenters. The molecule has 1 heterocycles. The van der Waals surface area contributed by atoms with E-state index >= 15 is 0 Å². The van der Waals surface area contributed by atoms with Gasteiger partial charge in [0.15, 0.2) is 0 Å². The van der Waals surface area contributed by atoms with Crippen molar-refractivity contribution < 1.29 is 9.53 Å². The summed E-state index contributed by atoms with van der Waals surface area (Å²) < 4.78 is 5.10. The third-order valence-electron chi connectivity index (χ3n) is 3.37. The molecule has 1 atom stereocenters. The van der Waals surface area contributed by atoms with Crippen LogP contribution in [0.3, 0.4) is 0 Å². The zero-order chi connectivity index (χ0) is 14.0. The normalized spacial score (nSPS) is 19.2. The van der Waals surface area contributed by atoms with Gasteiger partial charge in [-0.2, -0.15) is 5.26 Å². The number of rotatable bonds is 2. The maximum Gasteiger partial charge on any atom is 0.414 e. The monoisotopic (exact) mass is 258 g/mol. The van der Waals surface area contributed by atoms with Gasteiger partial charge in [0, 0.05) is 6.54 Å². The third-order valence-corrected chi connectivity index (χ3v) is 3.37. The zero-order valence-electron chi connectivity index (χ0n) is 11.5. The van der Waals surface area contributed by atoms with Gasteiger partial charge < -0.3 is 4.74 Å². The van der Waals surface area contributed by atoms with E-state index in [0.717, 1.165) is 16.8 Å². The number of benzene rings is 1. The summed E-state index contributed by atoms with van der Waals surface area (Å²) in [5, 5.41) is 9.02. The Bertz CT molecular complexity index is 531. The summed E-state index contributed by atoms with van der Waals surface area (Å²) in [6.45, 7) is 6.75. The van der Waals surface area contributed by atoms with Crippen LogP contribution in [0.5, 0.6) is 0 Å². The number of hydrogen-bond acceptors (Lipinski definition) is 3. The molecule has 1 aromatic carbocycles. The number of carbonyl (C=O) groups excluding carboxylic acids is 1. The van der Waals surface area contributed by atoms with E-state index in [-0.39, 0.29) is 18.6 Å². The standard InChI is InChI=1S/C15H18N2O2/c1-10(2)13-6-4-5-11(3)14(13)17-8-12(7-16)9-19-15(17)18/h4-6,10,12H,8-9H2,1-3H3. The van der Waals surface area contributed by atoms with E-state index in [9.17, 15) is 4.79 Å². The minimum atomic E-state index is -0.359. The van der Waals surface area contributed by atoms with Crippen molar-refractivity contribution in [1.82, 2.24) is 0 Å². The molecule has 0 saturated carbocycles. The van der Waals surface area contributed by atoms with Crippen LogP contribution in [0, 0.1) is 24.2 Å². The highest BCUT2D eigenvalue weighted by Gasteiger charge is 2.30. The summed E-state index contributed by atoms with van der Waals surface area (Å²) in [6, 6.07) is 8.17. The van der Waals surface area contributed by atoms with Crippen LogP contribution in [0.25, 0.3) is 0 Å². The summed E-state index contributed by atoms with van der Waals surface area (Å²) in [5.41, 5.74) is 3.03. The first-order chi connectivity index (χ1) is 9.04. The maximum absolute atomic E-state index is 12.0. The Kier molecular flexibility index (Phi) is 3.75. The highest BCUT2D eigenvalue weighted by Crippen LogP contribution is 2.33. The first-order valence-corrected chi connectivity index (χ1v) is 6.48. The maximum atomic E-state index is 12.0. The minimum Gasteiger partial charge on any atom is -0.448 e. The lowest BCUT2D eigenvalue weighted by molar-refractivity contribution is 0.127. The Morgan fingerprint density at radius 1 is 1.47 bits per heavy atom. The summed E-state index contributed by atoms with van der Waals surface area (Å²) >= 11 is 0. The fourth-order valence-electron chi connectivity index (χ4n) is 2.37. The van der Waals surface area contributed by atoms with Crippen LogP contribution < -0.4 is 4.90 Å². The predicted octanol–water partition coefficient (Wildman–Crippen LogP) is 3.21. The van der Waals surface area contributed by atoms with Gasteiger partial charge in [-0.3, -0.25) is 4.90 Å². The summed E-state index contributed by atoms with van der Waals surface area (Å²) in [5.74, 6) is 0.0440. The molecule has 0 bridgehead atoms. The number of aryl methyl sites for hydroxylation is 1. The minimum absolute atomic E-state index is 0.189. The van der Waals surface area contributed by atoms with Crippen molar-refractivity contribution in [2.24, 2.45) is 5.92 Å². The number of carbonyl (C=O) groups is 1. The predicted molar refractivity (Wildman–Crippen MR) is 73.1 cm³/mol. The van der Waals surface area contributed by atoms with Crippen molar-refractivity contribution >= 4 is 11.8 Å². The molecule has 1 aliphatic heterocycles. The van der Waals surface area contributed by atoms with Gasteiger partial charge in [-0.05, 0) is 24.0 Å². The number of anilines is 1. The Morgan fingerprint density at radius 3 is 2.84 bits per heavy atom. The fourth-order valence-corrected chi connectivity index (χ4v) is 2.37. The number of hydrogen-bond donors (Lipinski definition) is 0. The molecule has 4 nitrogen and oxygen atoms in total. The second kappa shape index (κ2) is 5.31. The van der Waals surface area contributed by atoms with Gasteiger partial charge in [-0.1, -0.05) is 32.0 Å². The topological polar surface area (TPSA) is 53.3 Å². The molecule has 0 spiro atoms. The molecular weight excluding hydrogens is 240 g/mol. The van der Waals surface area contributed by atoms with Crippen molar-refractivity contribution in [3.63, 3.8) is 0 Å². The number of ether oxygens (including phenoxy) is 1. The van der Waals surface area contributed by atoms with Gasteiger partial charge in [0.25, 0.3) is 0 Å². The molecule has 1 saturated heterocycles. The van der Waals surface area contributed by atoms with Crippen LogP contribution in [-0.4, -0.2) is 19.2 Å². The Balaban J connectivity index is 2.45. The van der Waals surface area contributed by atoms with Crippen molar-refractivity contribution in [3.8, 4) is 6.07 Å². The molecule has 100 valence electrons. The molecule has 0 aromatic heterocycles. The highest BCUT2D eigenvalue weighted by atomic mass is 16.6. The molecular formula is C15H18N2O2. The smallest absolute Gasteiger partial charge is 0.414 e. The lowest BCUT2D eigenvalue weighted by Crippen LogP contribution is -2.43. The summed E-state index contributed by atoms with van der Waals surface area (Å²) in [6.07, 6.45) is -0.359. The number of nitrogens with zero attached hydrogens (tertiary/aromatic N) is 2. The first kappa shape index (κ1) is 13.4. The molecule has 19 heavy (non-hydrogen) atoms. The van der Waals surface area contributed by atoms with Gasteiger partial charge in [0.05, 0.1) is 17.7 Å². The molecule has 0 radical (unpaired) electrons. The second-order valence-corrected chi connectivity index (χ2v) is 5.18. The van der Waals surface area contributed by atoms with Crippen LogP contribution >= 0.6 is 0 Å². The Labute approximate surface area is 113 Å². The molecule has 1 amide bonds. The summed E-state index contributed by atoms with van der Waals surface area (Å²) in [4.78, 5) is 13.6. The van der Waals surface area contributed by atoms with Crippen LogP contribution in [0.1, 0.15) is 30.9 Å². The molecule has 1 aliphatic rings. The van der Waals surface area contributed by atoms with Crippen LogP contribution in [-0.2, 0) is 4.74 Å². The number of para-hydroxylation sites is 1. The van der Waals surface area contributed by atoms with E-state index in [1.807, 2.05) is 25.1 Å². The average molecular weight is 258 g/mol. The van der Waals surface area contributed by atoms with Crippen LogP contribution in [0.15, 0.2) is 18.2 Å². The third kappa shape index (κ3) is 2.55. The molecule has 0 aliphatic carbocycles. The Hall–Kier alpha value is -2.02. The van der Waals surface area contributed by atoms with Gasteiger partial charge in [0.2, 0.25) is 0 Å². The zero-order valence-corrected chi connectivity index (χ0v) is 11.5. The molecule has 2 rings (SSSR count). The van der Waals surface area contributed by atoms with Crippen LogP contribution in [0.4, 0.5) is 10.5 Å². The van der Waals surface area contributed by atoms with E-state index in [2.05, 4.69) is 19.9 Å². The van der Waals surface area contributed by atoms with Gasteiger partial charge in [-0.15, -0.1) is 0 Å². The van der Waals surface area contributed by atoms with Crippen molar-refractivity contribution in [1.29, 1.82) is 5.26 Å². The van der Waals surface area contributed by atoms with Crippen LogP contribution in [0.2, 0.25) is 0 Å². The van der Waals surface area contributed by atoms with E-state index in [0.29, 0.717) is 12.5 Å². The van der Waals surface area contributed by atoms with Gasteiger partial charge in [-0.25, -0.2) is 4.79 Å². The molecule has 1 aromatic rings. The molecule has 1 fully saturated rings.